The molecule has 0 radical (unpaired) electrons. The molecular weight excluding hydrogens is 302 g/mol. The van der Waals surface area contributed by atoms with E-state index < -0.39 is 0 Å². The van der Waals surface area contributed by atoms with Gasteiger partial charge in [0.05, 0.1) is 12.7 Å². The Hall–Kier alpha value is -2.47. The number of fused-ring (bicyclic) bond motifs is 1. The third-order valence-electron chi connectivity index (χ3n) is 4.91. The van der Waals surface area contributed by atoms with E-state index in [9.17, 15) is 4.79 Å². The summed E-state index contributed by atoms with van der Waals surface area (Å²) in [7, 11) is 1.81. The molecule has 1 aromatic carbocycles. The number of aryl methyl sites for hydroxylation is 2. The van der Waals surface area contributed by atoms with Gasteiger partial charge in [-0.15, -0.1) is 0 Å². The van der Waals surface area contributed by atoms with Crippen LogP contribution in [0.2, 0.25) is 0 Å². The summed E-state index contributed by atoms with van der Waals surface area (Å²) in [4.78, 5) is 22.2. The molecule has 1 saturated heterocycles. The van der Waals surface area contributed by atoms with Crippen molar-refractivity contribution in [1.82, 2.24) is 24.6 Å². The third kappa shape index (κ3) is 2.53. The molecule has 3 aromatic rings. The summed E-state index contributed by atoms with van der Waals surface area (Å²) < 4.78 is 1.65. The van der Waals surface area contributed by atoms with Crippen LogP contribution in [-0.2, 0) is 13.6 Å². The van der Waals surface area contributed by atoms with Crippen molar-refractivity contribution in [2.45, 2.75) is 32.4 Å². The Morgan fingerprint density at radius 2 is 2.17 bits per heavy atom. The summed E-state index contributed by atoms with van der Waals surface area (Å²) in [6.07, 6.45) is 3.87. The highest BCUT2D eigenvalue weighted by Crippen LogP contribution is 2.34. The molecule has 6 heteroatoms. The van der Waals surface area contributed by atoms with Crippen LogP contribution in [0, 0.1) is 6.92 Å². The quantitative estimate of drug-likeness (QED) is 0.803. The molecule has 0 amide bonds. The highest BCUT2D eigenvalue weighted by molar-refractivity contribution is 5.72. The highest BCUT2D eigenvalue weighted by Gasteiger charge is 2.27. The smallest absolute Gasteiger partial charge is 0.262 e. The van der Waals surface area contributed by atoms with E-state index in [1.54, 1.807) is 10.9 Å². The molecule has 4 rings (SSSR count). The summed E-state index contributed by atoms with van der Waals surface area (Å²) in [5.41, 5.74) is 3.21. The Morgan fingerprint density at radius 3 is 3.00 bits per heavy atom. The minimum atomic E-state index is -0.116. The van der Waals surface area contributed by atoms with Crippen LogP contribution in [0.1, 0.15) is 35.8 Å². The van der Waals surface area contributed by atoms with E-state index >= 15 is 0 Å². The van der Waals surface area contributed by atoms with Gasteiger partial charge in [0.1, 0.15) is 11.2 Å². The summed E-state index contributed by atoms with van der Waals surface area (Å²) in [6, 6.07) is 8.93. The van der Waals surface area contributed by atoms with Crippen molar-refractivity contribution < 1.29 is 0 Å². The lowest BCUT2D eigenvalue weighted by atomic mass is 9.99. The van der Waals surface area contributed by atoms with Crippen LogP contribution in [0.5, 0.6) is 0 Å². The highest BCUT2D eigenvalue weighted by atomic mass is 16.1. The molecule has 1 aliphatic heterocycles. The lowest BCUT2D eigenvalue weighted by molar-refractivity contribution is 0.241. The lowest BCUT2D eigenvalue weighted by Gasteiger charge is -2.25. The first-order valence-corrected chi connectivity index (χ1v) is 8.34. The van der Waals surface area contributed by atoms with Gasteiger partial charge in [0.15, 0.2) is 5.65 Å². The largest absolute Gasteiger partial charge is 0.309 e. The zero-order valence-corrected chi connectivity index (χ0v) is 14.0. The van der Waals surface area contributed by atoms with Crippen LogP contribution in [-0.4, -0.2) is 31.2 Å². The van der Waals surface area contributed by atoms with Crippen molar-refractivity contribution in [3.05, 3.63) is 57.8 Å². The molecule has 1 aliphatic rings. The molecule has 124 valence electrons. The molecule has 0 unspecified atom stereocenters. The SMILES string of the molecule is Cc1ccccc1[C@H]1CCCN1Cc1nc2c(cnn2C)c(=O)[nH]1. The maximum Gasteiger partial charge on any atom is 0.262 e. The monoisotopic (exact) mass is 323 g/mol. The molecule has 0 aliphatic carbocycles. The molecule has 1 N–H and O–H groups in total. The standard InChI is InChI=1S/C18H21N5O/c1-12-6-3-4-7-13(12)15-8-5-9-23(15)11-16-20-17-14(18(24)21-16)10-19-22(17)2/h3-4,6-7,10,15H,5,8-9,11H2,1-2H3,(H,20,21,24)/t15-/m1/s1. The van der Waals surface area contributed by atoms with Gasteiger partial charge in [0.25, 0.3) is 5.56 Å². The van der Waals surface area contributed by atoms with Crippen molar-refractivity contribution in [1.29, 1.82) is 0 Å². The number of benzene rings is 1. The summed E-state index contributed by atoms with van der Waals surface area (Å²) >= 11 is 0. The van der Waals surface area contributed by atoms with Gasteiger partial charge in [-0.3, -0.25) is 14.4 Å². The van der Waals surface area contributed by atoms with Gasteiger partial charge in [-0.2, -0.15) is 5.10 Å². The van der Waals surface area contributed by atoms with Crippen LogP contribution in [0.4, 0.5) is 0 Å². The summed E-state index contributed by atoms with van der Waals surface area (Å²) in [5.74, 6) is 0.705. The topological polar surface area (TPSA) is 66.8 Å². The Kier molecular flexibility index (Phi) is 3.69. The van der Waals surface area contributed by atoms with E-state index in [4.69, 9.17) is 0 Å². The third-order valence-corrected chi connectivity index (χ3v) is 4.91. The molecule has 0 spiro atoms. The minimum absolute atomic E-state index is 0.116. The Labute approximate surface area is 140 Å². The van der Waals surface area contributed by atoms with Gasteiger partial charge in [0.2, 0.25) is 0 Å². The first kappa shape index (κ1) is 15.1. The number of nitrogens with zero attached hydrogens (tertiary/aromatic N) is 4. The van der Waals surface area contributed by atoms with Gasteiger partial charge >= 0.3 is 0 Å². The van der Waals surface area contributed by atoms with Crippen molar-refractivity contribution >= 4 is 11.0 Å². The Balaban J connectivity index is 1.66. The van der Waals surface area contributed by atoms with E-state index in [-0.39, 0.29) is 5.56 Å². The summed E-state index contributed by atoms with van der Waals surface area (Å²) in [5, 5.41) is 4.66. The second-order valence-electron chi connectivity index (χ2n) is 6.50. The first-order chi connectivity index (χ1) is 11.6. The molecule has 2 aromatic heterocycles. The number of hydrogen-bond acceptors (Lipinski definition) is 4. The van der Waals surface area contributed by atoms with E-state index in [1.807, 2.05) is 7.05 Å². The number of H-pyrrole nitrogens is 1. The average molecular weight is 323 g/mol. The Bertz CT molecular complexity index is 942. The van der Waals surface area contributed by atoms with Crippen LogP contribution < -0.4 is 5.56 Å². The molecule has 3 heterocycles. The van der Waals surface area contributed by atoms with Gasteiger partial charge in [-0.1, -0.05) is 24.3 Å². The number of aromatic amines is 1. The van der Waals surface area contributed by atoms with Crippen molar-refractivity contribution in [3.63, 3.8) is 0 Å². The van der Waals surface area contributed by atoms with Crippen LogP contribution in [0.25, 0.3) is 11.0 Å². The molecule has 6 nitrogen and oxygen atoms in total. The predicted molar refractivity (Wildman–Crippen MR) is 92.7 cm³/mol. The molecule has 0 saturated carbocycles. The van der Waals surface area contributed by atoms with Gasteiger partial charge < -0.3 is 4.98 Å². The van der Waals surface area contributed by atoms with Crippen LogP contribution in [0.3, 0.4) is 0 Å². The van der Waals surface area contributed by atoms with Gasteiger partial charge in [0, 0.05) is 13.1 Å². The number of hydrogen-bond donors (Lipinski definition) is 1. The second kappa shape index (κ2) is 5.87. The molecular formula is C18H21N5O. The number of aromatic nitrogens is 4. The molecule has 1 fully saturated rings. The molecule has 0 bridgehead atoms. The second-order valence-corrected chi connectivity index (χ2v) is 6.50. The zero-order chi connectivity index (χ0) is 16.7. The fourth-order valence-corrected chi connectivity index (χ4v) is 3.67. The van der Waals surface area contributed by atoms with Crippen molar-refractivity contribution in [2.24, 2.45) is 7.05 Å². The maximum atomic E-state index is 12.2. The van der Waals surface area contributed by atoms with E-state index in [0.717, 1.165) is 19.4 Å². The van der Waals surface area contributed by atoms with E-state index in [0.29, 0.717) is 29.4 Å². The zero-order valence-electron chi connectivity index (χ0n) is 14.0. The predicted octanol–water partition coefficient (Wildman–Crippen LogP) is 2.30. The molecule has 24 heavy (non-hydrogen) atoms. The minimum Gasteiger partial charge on any atom is -0.309 e. The fourth-order valence-electron chi connectivity index (χ4n) is 3.67. The summed E-state index contributed by atoms with van der Waals surface area (Å²) in [6.45, 7) is 3.83. The van der Waals surface area contributed by atoms with Crippen LogP contribution in [0.15, 0.2) is 35.3 Å². The van der Waals surface area contributed by atoms with Gasteiger partial charge in [-0.05, 0) is 37.4 Å². The van der Waals surface area contributed by atoms with E-state index in [2.05, 4.69) is 51.2 Å². The first-order valence-electron chi connectivity index (χ1n) is 8.34. The number of likely N-dealkylation sites (tertiary alicyclic amines) is 1. The normalized spacial score (nSPS) is 18.5. The van der Waals surface area contributed by atoms with Crippen molar-refractivity contribution in [3.8, 4) is 0 Å². The van der Waals surface area contributed by atoms with Crippen LogP contribution >= 0.6 is 0 Å². The van der Waals surface area contributed by atoms with E-state index in [1.165, 1.54) is 11.1 Å². The fraction of sp³-hybridized carbons (Fsp3) is 0.389. The maximum absolute atomic E-state index is 12.2. The molecule has 1 atom stereocenters. The number of rotatable bonds is 3. The lowest BCUT2D eigenvalue weighted by Crippen LogP contribution is -2.26. The van der Waals surface area contributed by atoms with Gasteiger partial charge in [-0.25, -0.2) is 4.98 Å². The average Bonchev–Trinajstić information content (AvgIpc) is 3.16. The Morgan fingerprint density at radius 1 is 1.33 bits per heavy atom. The number of nitrogens with one attached hydrogen (secondary N) is 1. The van der Waals surface area contributed by atoms with Crippen molar-refractivity contribution in [2.75, 3.05) is 6.54 Å².